The van der Waals surface area contributed by atoms with Crippen LogP contribution in [0.4, 0.5) is 0 Å². The van der Waals surface area contributed by atoms with E-state index >= 15 is 0 Å². The number of nitriles is 1. The highest BCUT2D eigenvalue weighted by Gasteiger charge is 2.48. The predicted molar refractivity (Wildman–Crippen MR) is 97.7 cm³/mol. The van der Waals surface area contributed by atoms with Crippen LogP contribution < -0.4 is 5.32 Å². The molecule has 8 heteroatoms. The van der Waals surface area contributed by atoms with Gasteiger partial charge >= 0.3 is 0 Å². The van der Waals surface area contributed by atoms with Crippen LogP contribution >= 0.6 is 0 Å². The van der Waals surface area contributed by atoms with Gasteiger partial charge in [0.25, 0.3) is 0 Å². The van der Waals surface area contributed by atoms with Crippen LogP contribution in [0.2, 0.25) is 0 Å². The van der Waals surface area contributed by atoms with Crippen LogP contribution in [0.1, 0.15) is 22.9 Å². The fraction of sp³-hybridized carbons (Fsp3) is 0.526. The van der Waals surface area contributed by atoms with Crippen molar-refractivity contribution in [2.45, 2.75) is 37.4 Å². The Morgan fingerprint density at radius 3 is 2.96 bits per heavy atom. The molecule has 4 rings (SSSR count). The van der Waals surface area contributed by atoms with Gasteiger partial charge in [-0.2, -0.15) is 5.26 Å². The van der Waals surface area contributed by atoms with Crippen molar-refractivity contribution in [3.05, 3.63) is 47.3 Å². The number of nitrogens with one attached hydrogen (secondary N) is 1. The van der Waals surface area contributed by atoms with Gasteiger partial charge < -0.3 is 19.7 Å². The number of hydrogen-bond acceptors (Lipinski definition) is 7. The first-order chi connectivity index (χ1) is 13.1. The summed E-state index contributed by atoms with van der Waals surface area (Å²) in [6.07, 6.45) is 1.95. The SMILES string of the molecule is CN(C)Cc1cn([C@@H]2CO[C@@H]3[C@@H]2OC[C@@H]3NCc2cccc(C#N)c2)nn1. The van der Waals surface area contributed by atoms with Gasteiger partial charge in [0.05, 0.1) is 42.8 Å². The Kier molecular flexibility index (Phi) is 5.18. The number of ether oxygens (including phenoxy) is 2. The first kappa shape index (κ1) is 18.1. The third-order valence-corrected chi connectivity index (χ3v) is 5.03. The van der Waals surface area contributed by atoms with Crippen LogP contribution in [-0.2, 0) is 22.6 Å². The third kappa shape index (κ3) is 3.87. The normalized spacial score (nSPS) is 27.0. The highest BCUT2D eigenvalue weighted by Crippen LogP contribution is 2.34. The highest BCUT2D eigenvalue weighted by molar-refractivity contribution is 5.32. The molecule has 142 valence electrons. The quantitative estimate of drug-likeness (QED) is 0.803. The third-order valence-electron chi connectivity index (χ3n) is 5.03. The summed E-state index contributed by atoms with van der Waals surface area (Å²) in [4.78, 5) is 2.07. The summed E-state index contributed by atoms with van der Waals surface area (Å²) in [6, 6.07) is 9.98. The van der Waals surface area contributed by atoms with E-state index in [-0.39, 0.29) is 24.3 Å². The van der Waals surface area contributed by atoms with Crippen LogP contribution in [0.15, 0.2) is 30.5 Å². The lowest BCUT2D eigenvalue weighted by atomic mass is 10.1. The first-order valence-electron chi connectivity index (χ1n) is 9.15. The van der Waals surface area contributed by atoms with E-state index in [1.54, 1.807) is 0 Å². The molecule has 2 aliphatic rings. The van der Waals surface area contributed by atoms with Gasteiger partial charge in [0.15, 0.2) is 0 Å². The van der Waals surface area contributed by atoms with E-state index in [0.29, 0.717) is 25.3 Å². The first-order valence-corrected chi connectivity index (χ1v) is 9.15. The van der Waals surface area contributed by atoms with E-state index in [4.69, 9.17) is 14.7 Å². The van der Waals surface area contributed by atoms with Gasteiger partial charge in [-0.3, -0.25) is 0 Å². The van der Waals surface area contributed by atoms with E-state index in [9.17, 15) is 0 Å². The molecule has 0 amide bonds. The van der Waals surface area contributed by atoms with E-state index in [2.05, 4.69) is 26.6 Å². The second-order valence-electron chi connectivity index (χ2n) is 7.39. The molecule has 27 heavy (non-hydrogen) atoms. The number of fused-ring (bicyclic) bond motifs is 1. The zero-order valence-electron chi connectivity index (χ0n) is 15.6. The monoisotopic (exact) mass is 368 g/mol. The second-order valence-corrected chi connectivity index (χ2v) is 7.39. The minimum atomic E-state index is -0.0261. The maximum atomic E-state index is 9.03. The van der Waals surface area contributed by atoms with Crippen LogP contribution in [-0.4, -0.2) is 65.5 Å². The van der Waals surface area contributed by atoms with Gasteiger partial charge in [-0.15, -0.1) is 5.10 Å². The summed E-state index contributed by atoms with van der Waals surface area (Å²) in [5, 5.41) is 21.1. The Labute approximate surface area is 158 Å². The van der Waals surface area contributed by atoms with E-state index < -0.39 is 0 Å². The molecule has 2 fully saturated rings. The summed E-state index contributed by atoms with van der Waals surface area (Å²) in [6.45, 7) is 2.61. The molecule has 0 saturated carbocycles. The summed E-state index contributed by atoms with van der Waals surface area (Å²) in [5.41, 5.74) is 2.69. The lowest BCUT2D eigenvalue weighted by Gasteiger charge is -2.18. The predicted octanol–water partition coefficient (Wildman–Crippen LogP) is 0.708. The van der Waals surface area contributed by atoms with Crippen molar-refractivity contribution in [2.24, 2.45) is 0 Å². The van der Waals surface area contributed by atoms with Gasteiger partial charge in [-0.25, -0.2) is 4.68 Å². The molecule has 0 aliphatic carbocycles. The van der Waals surface area contributed by atoms with Crippen molar-refractivity contribution in [3.8, 4) is 6.07 Å². The molecule has 2 aromatic rings. The Morgan fingerprint density at radius 2 is 2.15 bits per heavy atom. The van der Waals surface area contributed by atoms with Crippen molar-refractivity contribution in [2.75, 3.05) is 27.3 Å². The molecule has 2 aliphatic heterocycles. The van der Waals surface area contributed by atoms with Gasteiger partial charge in [0.2, 0.25) is 0 Å². The van der Waals surface area contributed by atoms with Gasteiger partial charge in [0.1, 0.15) is 18.2 Å². The molecule has 1 aromatic carbocycles. The largest absolute Gasteiger partial charge is 0.371 e. The fourth-order valence-corrected chi connectivity index (χ4v) is 3.75. The lowest BCUT2D eigenvalue weighted by Crippen LogP contribution is -2.40. The zero-order valence-corrected chi connectivity index (χ0v) is 15.6. The van der Waals surface area contributed by atoms with Crippen molar-refractivity contribution in [1.29, 1.82) is 5.26 Å². The summed E-state index contributed by atoms with van der Waals surface area (Å²) >= 11 is 0. The van der Waals surface area contributed by atoms with Crippen LogP contribution in [0.3, 0.4) is 0 Å². The molecular weight excluding hydrogens is 344 g/mol. The van der Waals surface area contributed by atoms with Crippen LogP contribution in [0, 0.1) is 11.3 Å². The molecule has 0 radical (unpaired) electrons. The summed E-state index contributed by atoms with van der Waals surface area (Å²) in [5.74, 6) is 0. The molecule has 1 aromatic heterocycles. The standard InChI is InChI=1S/C19H24N6O2/c1-24(2)9-15-10-25(23-22-15)17-12-27-18-16(11-26-19(17)18)21-8-14-5-3-4-13(6-14)7-20/h3-6,10,16-19,21H,8-9,11-12H2,1-2H3/t16-,17+,18-,19+/m0/s1. The molecule has 4 atom stereocenters. The second kappa shape index (κ2) is 7.74. The Hall–Kier alpha value is -2.31. The zero-order chi connectivity index (χ0) is 18.8. The number of nitrogens with zero attached hydrogens (tertiary/aromatic N) is 5. The van der Waals surface area contributed by atoms with E-state index in [0.717, 1.165) is 17.8 Å². The van der Waals surface area contributed by atoms with Gasteiger partial charge in [-0.1, -0.05) is 17.3 Å². The summed E-state index contributed by atoms with van der Waals surface area (Å²) < 4.78 is 14.0. The Balaban J connectivity index is 1.37. The minimum Gasteiger partial charge on any atom is -0.371 e. The molecule has 3 heterocycles. The van der Waals surface area contributed by atoms with Crippen molar-refractivity contribution in [3.63, 3.8) is 0 Å². The Morgan fingerprint density at radius 1 is 1.30 bits per heavy atom. The van der Waals surface area contributed by atoms with Gasteiger partial charge in [-0.05, 0) is 31.8 Å². The summed E-state index contributed by atoms with van der Waals surface area (Å²) in [7, 11) is 4.02. The highest BCUT2D eigenvalue weighted by atomic mass is 16.6. The van der Waals surface area contributed by atoms with Crippen LogP contribution in [0.25, 0.3) is 0 Å². The van der Waals surface area contributed by atoms with Crippen molar-refractivity contribution in [1.82, 2.24) is 25.2 Å². The molecule has 0 bridgehead atoms. The molecule has 0 unspecified atom stereocenters. The van der Waals surface area contributed by atoms with Crippen molar-refractivity contribution >= 4 is 0 Å². The molecule has 2 saturated heterocycles. The van der Waals surface area contributed by atoms with E-state index in [1.807, 2.05) is 49.2 Å². The number of aromatic nitrogens is 3. The topological polar surface area (TPSA) is 88.2 Å². The van der Waals surface area contributed by atoms with Crippen LogP contribution in [0.5, 0.6) is 0 Å². The number of hydrogen-bond donors (Lipinski definition) is 1. The van der Waals surface area contributed by atoms with Crippen molar-refractivity contribution < 1.29 is 9.47 Å². The number of rotatable bonds is 6. The van der Waals surface area contributed by atoms with E-state index in [1.165, 1.54) is 0 Å². The maximum absolute atomic E-state index is 9.03. The molecule has 0 spiro atoms. The molecular formula is C19H24N6O2. The minimum absolute atomic E-state index is 0.00403. The van der Waals surface area contributed by atoms with Gasteiger partial charge in [0, 0.05) is 13.1 Å². The molecule has 1 N–H and O–H groups in total. The number of benzene rings is 1. The lowest BCUT2D eigenvalue weighted by molar-refractivity contribution is 0.0619. The average molecular weight is 368 g/mol. The average Bonchev–Trinajstić information content (AvgIpc) is 3.36. The molecule has 8 nitrogen and oxygen atoms in total. The maximum Gasteiger partial charge on any atom is 0.110 e. The Bertz CT molecular complexity index is 830. The smallest absolute Gasteiger partial charge is 0.110 e. The fourth-order valence-electron chi connectivity index (χ4n) is 3.75.